The second-order valence-corrected chi connectivity index (χ2v) is 6.48. The van der Waals surface area contributed by atoms with Crippen LogP contribution in [0.25, 0.3) is 11.0 Å². The van der Waals surface area contributed by atoms with Crippen molar-refractivity contribution in [3.05, 3.63) is 23.8 Å². The van der Waals surface area contributed by atoms with Crippen LogP contribution in [-0.2, 0) is 16.1 Å². The Morgan fingerprint density at radius 3 is 2.68 bits per heavy atom. The Morgan fingerprint density at radius 1 is 1.36 bits per heavy atom. The van der Waals surface area contributed by atoms with E-state index in [0.29, 0.717) is 29.4 Å². The topological polar surface area (TPSA) is 116 Å². The minimum absolute atomic E-state index is 0.299. The highest BCUT2D eigenvalue weighted by Crippen LogP contribution is 2.28. The normalized spacial score (nSPS) is 12.0. The number of nitrogens with zero attached hydrogens (tertiary/aromatic N) is 2. The zero-order valence-electron chi connectivity index (χ0n) is 14.2. The zero-order chi connectivity index (χ0) is 18.6. The lowest BCUT2D eigenvalue weighted by Crippen LogP contribution is -2.39. The first-order valence-electron chi connectivity index (χ1n) is 7.81. The monoisotopic (exact) mass is 364 g/mol. The third-order valence-electron chi connectivity index (χ3n) is 3.44. The number of primary amides is 1. The second-order valence-electron chi connectivity index (χ2n) is 5.18. The molecule has 0 aliphatic heterocycles. The summed E-state index contributed by atoms with van der Waals surface area (Å²) in [6.45, 7) is 6.30. The van der Waals surface area contributed by atoms with E-state index in [1.165, 1.54) is 11.8 Å². The van der Waals surface area contributed by atoms with Crippen molar-refractivity contribution in [2.45, 2.75) is 37.7 Å². The van der Waals surface area contributed by atoms with E-state index in [1.807, 2.05) is 11.5 Å². The van der Waals surface area contributed by atoms with Gasteiger partial charge in [0.15, 0.2) is 5.16 Å². The molecule has 1 heterocycles. The molecule has 1 atom stereocenters. The smallest absolute Gasteiger partial charge is 0.338 e. The van der Waals surface area contributed by atoms with Crippen molar-refractivity contribution < 1.29 is 19.1 Å². The summed E-state index contributed by atoms with van der Waals surface area (Å²) in [6.07, 6.45) is 0. The fourth-order valence-corrected chi connectivity index (χ4v) is 3.27. The molecule has 0 saturated heterocycles. The number of ether oxygens (including phenoxy) is 1. The number of nitrogens with two attached hydrogens (primary N) is 1. The van der Waals surface area contributed by atoms with Crippen LogP contribution in [-0.4, -0.2) is 39.3 Å². The number of hydrogen-bond donors (Lipinski definition) is 2. The van der Waals surface area contributed by atoms with E-state index < -0.39 is 23.2 Å². The maximum absolute atomic E-state index is 11.9. The summed E-state index contributed by atoms with van der Waals surface area (Å²) in [5.74, 6) is -0.890. The van der Waals surface area contributed by atoms with Crippen LogP contribution >= 0.6 is 11.8 Å². The Bertz CT molecular complexity index is 818. The average Bonchev–Trinajstić information content (AvgIpc) is 2.90. The summed E-state index contributed by atoms with van der Waals surface area (Å²) in [6, 6.07) is 4.26. The van der Waals surface area contributed by atoms with E-state index in [9.17, 15) is 14.4 Å². The molecule has 0 saturated carbocycles. The van der Waals surface area contributed by atoms with Crippen LogP contribution in [0, 0.1) is 0 Å². The predicted octanol–water partition coefficient (Wildman–Crippen LogP) is 1.91. The molecular formula is C16H20N4O4S. The molecule has 9 heteroatoms. The van der Waals surface area contributed by atoms with Gasteiger partial charge in [-0.25, -0.2) is 14.6 Å². The molecular weight excluding hydrogens is 344 g/mol. The summed E-state index contributed by atoms with van der Waals surface area (Å²) in [7, 11) is 0. The number of hydrogen-bond acceptors (Lipinski definition) is 6. The van der Waals surface area contributed by atoms with Gasteiger partial charge in [0.25, 0.3) is 0 Å². The summed E-state index contributed by atoms with van der Waals surface area (Å²) >= 11 is 1.21. The van der Waals surface area contributed by atoms with Crippen LogP contribution in [0.15, 0.2) is 23.4 Å². The molecule has 0 aliphatic carbocycles. The number of rotatable bonds is 6. The number of esters is 1. The maximum atomic E-state index is 11.9. The van der Waals surface area contributed by atoms with Crippen LogP contribution in [0.3, 0.4) is 0 Å². The first-order chi connectivity index (χ1) is 11.9. The van der Waals surface area contributed by atoms with Crippen molar-refractivity contribution >= 4 is 40.7 Å². The highest BCUT2D eigenvalue weighted by Gasteiger charge is 2.20. The van der Waals surface area contributed by atoms with Crippen molar-refractivity contribution in [3.8, 4) is 0 Å². The lowest BCUT2D eigenvalue weighted by Gasteiger charge is -2.11. The van der Waals surface area contributed by atoms with E-state index in [1.54, 1.807) is 32.0 Å². The largest absolute Gasteiger partial charge is 0.462 e. The third kappa shape index (κ3) is 4.30. The molecule has 0 aliphatic rings. The number of aryl methyl sites for hydroxylation is 1. The van der Waals surface area contributed by atoms with E-state index in [2.05, 4.69) is 10.3 Å². The van der Waals surface area contributed by atoms with E-state index in [-0.39, 0.29) is 0 Å². The Morgan fingerprint density at radius 2 is 2.08 bits per heavy atom. The standard InChI is InChI=1S/C16H20N4O4S/c1-4-20-12-7-6-10(14(22)24-5-2)8-11(12)18-16(20)25-9(3)13(21)19-15(17)23/h6-9H,4-5H2,1-3H3,(H3,17,19,21,23)/t9-/m0/s1. The molecule has 0 radical (unpaired) electrons. The van der Waals surface area contributed by atoms with Crippen molar-refractivity contribution in [1.29, 1.82) is 0 Å². The number of amides is 3. The van der Waals surface area contributed by atoms with Crippen LogP contribution < -0.4 is 11.1 Å². The van der Waals surface area contributed by atoms with Gasteiger partial charge in [0, 0.05) is 6.54 Å². The summed E-state index contributed by atoms with van der Waals surface area (Å²) in [4.78, 5) is 39.0. The van der Waals surface area contributed by atoms with Gasteiger partial charge in [0.05, 0.1) is 28.5 Å². The number of nitrogens with one attached hydrogen (secondary N) is 1. The lowest BCUT2D eigenvalue weighted by atomic mass is 10.2. The molecule has 2 rings (SSSR count). The maximum Gasteiger partial charge on any atom is 0.338 e. The molecule has 0 unspecified atom stereocenters. The SMILES string of the molecule is CCOC(=O)c1ccc2c(c1)nc(S[C@@H](C)C(=O)NC(N)=O)n2CC. The summed E-state index contributed by atoms with van der Waals surface area (Å²) in [5, 5.41) is 2.11. The van der Waals surface area contributed by atoms with E-state index in [4.69, 9.17) is 10.5 Å². The van der Waals surface area contributed by atoms with Gasteiger partial charge in [-0.2, -0.15) is 0 Å². The van der Waals surface area contributed by atoms with Crippen molar-refractivity contribution in [1.82, 2.24) is 14.9 Å². The highest BCUT2D eigenvalue weighted by molar-refractivity contribution is 8.00. The number of carbonyl (C=O) groups excluding carboxylic acids is 3. The second kappa shape index (κ2) is 8.02. The predicted molar refractivity (Wildman–Crippen MR) is 94.4 cm³/mol. The molecule has 25 heavy (non-hydrogen) atoms. The van der Waals surface area contributed by atoms with E-state index in [0.717, 1.165) is 5.52 Å². The van der Waals surface area contributed by atoms with E-state index >= 15 is 0 Å². The van der Waals surface area contributed by atoms with Crippen molar-refractivity contribution in [3.63, 3.8) is 0 Å². The fraction of sp³-hybridized carbons (Fsp3) is 0.375. The number of imidazole rings is 1. The first kappa shape index (κ1) is 18.8. The minimum Gasteiger partial charge on any atom is -0.462 e. The van der Waals surface area contributed by atoms with Crippen molar-refractivity contribution in [2.75, 3.05) is 6.61 Å². The number of carbonyl (C=O) groups is 3. The number of aromatic nitrogens is 2. The molecule has 3 N–H and O–H groups in total. The van der Waals surface area contributed by atoms with Crippen LogP contribution in [0.2, 0.25) is 0 Å². The molecule has 1 aromatic carbocycles. The quantitative estimate of drug-likeness (QED) is 0.597. The molecule has 2 aromatic rings. The lowest BCUT2D eigenvalue weighted by molar-refractivity contribution is -0.119. The van der Waals surface area contributed by atoms with Crippen LogP contribution in [0.1, 0.15) is 31.1 Å². The molecule has 3 amide bonds. The third-order valence-corrected chi connectivity index (χ3v) is 4.53. The fourth-order valence-electron chi connectivity index (χ4n) is 2.28. The summed E-state index contributed by atoms with van der Waals surface area (Å²) < 4.78 is 6.93. The van der Waals surface area contributed by atoms with Gasteiger partial charge in [0.1, 0.15) is 0 Å². The number of thioether (sulfide) groups is 1. The number of urea groups is 1. The average molecular weight is 364 g/mol. The molecule has 0 spiro atoms. The van der Waals surface area contributed by atoms with Crippen LogP contribution in [0.4, 0.5) is 4.79 Å². The summed E-state index contributed by atoms with van der Waals surface area (Å²) in [5.41, 5.74) is 6.87. The van der Waals surface area contributed by atoms with Crippen LogP contribution in [0.5, 0.6) is 0 Å². The number of imide groups is 1. The molecule has 0 fully saturated rings. The molecule has 1 aromatic heterocycles. The van der Waals surface area contributed by atoms with Gasteiger partial charge in [0.2, 0.25) is 5.91 Å². The Kier molecular flexibility index (Phi) is 6.02. The first-order valence-corrected chi connectivity index (χ1v) is 8.69. The minimum atomic E-state index is -0.888. The number of fused-ring (bicyclic) bond motifs is 1. The van der Waals surface area contributed by atoms with Gasteiger partial charge in [-0.05, 0) is 39.0 Å². The van der Waals surface area contributed by atoms with Gasteiger partial charge in [-0.3, -0.25) is 10.1 Å². The molecule has 0 bridgehead atoms. The van der Waals surface area contributed by atoms with Crippen molar-refractivity contribution in [2.24, 2.45) is 5.73 Å². The van der Waals surface area contributed by atoms with Gasteiger partial charge in [-0.1, -0.05) is 11.8 Å². The van der Waals surface area contributed by atoms with Gasteiger partial charge >= 0.3 is 12.0 Å². The van der Waals surface area contributed by atoms with Gasteiger partial charge in [-0.15, -0.1) is 0 Å². The Labute approximate surface area is 149 Å². The highest BCUT2D eigenvalue weighted by atomic mass is 32.2. The molecule has 8 nitrogen and oxygen atoms in total. The number of benzene rings is 1. The van der Waals surface area contributed by atoms with Gasteiger partial charge < -0.3 is 15.0 Å². The zero-order valence-corrected chi connectivity index (χ0v) is 15.1. The Hall–Kier alpha value is -2.55. The molecule has 134 valence electrons. The Balaban J connectivity index is 2.32.